The van der Waals surface area contributed by atoms with Gasteiger partial charge in [0.25, 0.3) is 0 Å². The summed E-state index contributed by atoms with van der Waals surface area (Å²) in [6.07, 6.45) is 3.83. The molecule has 0 unspecified atom stereocenters. The maximum absolute atomic E-state index is 12.5. The van der Waals surface area contributed by atoms with E-state index in [1.165, 1.54) is 5.56 Å². The number of nitrogens with one attached hydrogen (secondary N) is 1. The van der Waals surface area contributed by atoms with Crippen LogP contribution < -0.4 is 5.32 Å². The van der Waals surface area contributed by atoms with Crippen LogP contribution in [0.25, 0.3) is 0 Å². The lowest BCUT2D eigenvalue weighted by atomic mass is 10.1. The number of urea groups is 1. The lowest BCUT2D eigenvalue weighted by Crippen LogP contribution is -2.34. The fourth-order valence-electron chi connectivity index (χ4n) is 2.22. The van der Waals surface area contributed by atoms with E-state index in [1.807, 2.05) is 43.3 Å². The van der Waals surface area contributed by atoms with Gasteiger partial charge in [-0.2, -0.15) is 11.8 Å². The number of hydrogen-bond donors (Lipinski definition) is 1. The van der Waals surface area contributed by atoms with Crippen LogP contribution in [0.5, 0.6) is 0 Å². The minimum absolute atomic E-state index is 0.105. The molecular formula is C18H23N3OS. The van der Waals surface area contributed by atoms with Crippen molar-refractivity contribution in [3.8, 4) is 0 Å². The van der Waals surface area contributed by atoms with E-state index in [0.29, 0.717) is 18.3 Å². The Kier molecular flexibility index (Phi) is 6.47. The van der Waals surface area contributed by atoms with Crippen molar-refractivity contribution in [2.75, 3.05) is 18.1 Å². The molecule has 2 amide bonds. The van der Waals surface area contributed by atoms with Gasteiger partial charge in [-0.25, -0.2) is 4.79 Å². The number of pyridine rings is 1. The number of amides is 2. The zero-order valence-electron chi connectivity index (χ0n) is 13.8. The van der Waals surface area contributed by atoms with E-state index in [4.69, 9.17) is 0 Å². The fourth-order valence-corrected chi connectivity index (χ4v) is 2.64. The molecule has 0 aliphatic heterocycles. The molecule has 0 aliphatic rings. The number of carbonyl (C=O) groups excluding carboxylic acids is 1. The molecule has 1 heterocycles. The third kappa shape index (κ3) is 4.99. The molecule has 0 saturated heterocycles. The smallest absolute Gasteiger partial charge is 0.319 e. The quantitative estimate of drug-likeness (QED) is 0.845. The van der Waals surface area contributed by atoms with E-state index in [0.717, 1.165) is 11.4 Å². The summed E-state index contributed by atoms with van der Waals surface area (Å²) in [5.41, 5.74) is 2.92. The number of thioether (sulfide) groups is 1. The van der Waals surface area contributed by atoms with Gasteiger partial charge in [-0.1, -0.05) is 18.2 Å². The van der Waals surface area contributed by atoms with Crippen LogP contribution in [-0.2, 0) is 6.54 Å². The monoisotopic (exact) mass is 329 g/mol. The maximum atomic E-state index is 12.5. The Balaban J connectivity index is 2.04. The number of rotatable bonds is 6. The van der Waals surface area contributed by atoms with Gasteiger partial charge >= 0.3 is 6.03 Å². The summed E-state index contributed by atoms with van der Waals surface area (Å²) in [4.78, 5) is 18.5. The third-order valence-electron chi connectivity index (χ3n) is 3.71. The average molecular weight is 329 g/mol. The predicted molar refractivity (Wildman–Crippen MR) is 97.7 cm³/mol. The molecule has 5 heteroatoms. The summed E-state index contributed by atoms with van der Waals surface area (Å²) < 4.78 is 0. The Morgan fingerprint density at radius 1 is 1.30 bits per heavy atom. The number of carbonyl (C=O) groups is 1. The molecule has 1 N–H and O–H groups in total. The van der Waals surface area contributed by atoms with E-state index in [1.54, 1.807) is 22.9 Å². The van der Waals surface area contributed by atoms with Crippen LogP contribution in [-0.4, -0.2) is 28.7 Å². The van der Waals surface area contributed by atoms with Crippen LogP contribution in [0.4, 0.5) is 10.5 Å². The SMILES string of the molecule is CCN(Cc1ccccn1)C(=O)Nc1cccc([C@H](C)SC)c1. The second-order valence-corrected chi connectivity index (χ2v) is 6.45. The van der Waals surface area contributed by atoms with Crippen LogP contribution in [0.2, 0.25) is 0 Å². The minimum atomic E-state index is -0.105. The van der Waals surface area contributed by atoms with Gasteiger partial charge in [-0.15, -0.1) is 0 Å². The summed E-state index contributed by atoms with van der Waals surface area (Å²) in [6.45, 7) is 5.26. The highest BCUT2D eigenvalue weighted by Crippen LogP contribution is 2.27. The Morgan fingerprint density at radius 3 is 2.78 bits per heavy atom. The van der Waals surface area contributed by atoms with Crippen molar-refractivity contribution in [1.82, 2.24) is 9.88 Å². The topological polar surface area (TPSA) is 45.2 Å². The van der Waals surface area contributed by atoms with E-state index < -0.39 is 0 Å². The number of anilines is 1. The predicted octanol–water partition coefficient (Wildman–Crippen LogP) is 4.56. The van der Waals surface area contributed by atoms with E-state index in [2.05, 4.69) is 29.5 Å². The van der Waals surface area contributed by atoms with Crippen molar-refractivity contribution in [1.29, 1.82) is 0 Å². The van der Waals surface area contributed by atoms with E-state index in [-0.39, 0.29) is 6.03 Å². The molecule has 0 saturated carbocycles. The number of aromatic nitrogens is 1. The first-order chi connectivity index (χ1) is 11.1. The Bertz CT molecular complexity index is 633. The lowest BCUT2D eigenvalue weighted by molar-refractivity contribution is 0.211. The molecular weight excluding hydrogens is 306 g/mol. The highest BCUT2D eigenvalue weighted by molar-refractivity contribution is 7.98. The molecule has 1 aromatic carbocycles. The minimum Gasteiger partial charge on any atom is -0.319 e. The van der Waals surface area contributed by atoms with Crippen LogP contribution in [0.1, 0.15) is 30.4 Å². The van der Waals surface area contributed by atoms with Crippen molar-refractivity contribution >= 4 is 23.5 Å². The molecule has 1 atom stereocenters. The zero-order chi connectivity index (χ0) is 16.7. The molecule has 0 radical (unpaired) electrons. The van der Waals surface area contributed by atoms with E-state index >= 15 is 0 Å². The molecule has 2 rings (SSSR count). The molecule has 2 aromatic rings. The van der Waals surface area contributed by atoms with Gasteiger partial charge in [0.05, 0.1) is 12.2 Å². The standard InChI is InChI=1S/C18H23N3OS/c1-4-21(13-17-9-5-6-11-19-17)18(22)20-16-10-7-8-15(12-16)14(2)23-3/h5-12,14H,4,13H2,1-3H3,(H,20,22)/t14-/m0/s1. The van der Waals surface area contributed by atoms with Crippen LogP contribution >= 0.6 is 11.8 Å². The molecule has 0 aliphatic carbocycles. The number of nitrogens with zero attached hydrogens (tertiary/aromatic N) is 2. The van der Waals surface area contributed by atoms with Gasteiger partial charge < -0.3 is 10.2 Å². The molecule has 122 valence electrons. The zero-order valence-corrected chi connectivity index (χ0v) is 14.6. The molecule has 4 nitrogen and oxygen atoms in total. The third-order valence-corrected chi connectivity index (χ3v) is 4.69. The highest BCUT2D eigenvalue weighted by atomic mass is 32.2. The normalized spacial score (nSPS) is 11.8. The molecule has 23 heavy (non-hydrogen) atoms. The van der Waals surface area contributed by atoms with Gasteiger partial charge in [-0.3, -0.25) is 4.98 Å². The largest absolute Gasteiger partial charge is 0.322 e. The van der Waals surface area contributed by atoms with Gasteiger partial charge in [0, 0.05) is 23.7 Å². The Morgan fingerprint density at radius 2 is 2.13 bits per heavy atom. The van der Waals surface area contributed by atoms with Crippen molar-refractivity contribution in [3.63, 3.8) is 0 Å². The fraction of sp³-hybridized carbons (Fsp3) is 0.333. The summed E-state index contributed by atoms with van der Waals surface area (Å²) in [6, 6.07) is 13.6. The van der Waals surface area contributed by atoms with Crippen molar-refractivity contribution < 1.29 is 4.79 Å². The molecule has 1 aromatic heterocycles. The first kappa shape index (κ1) is 17.3. The average Bonchev–Trinajstić information content (AvgIpc) is 2.60. The van der Waals surface area contributed by atoms with Crippen molar-refractivity contribution in [2.24, 2.45) is 0 Å². The number of hydrogen-bond acceptors (Lipinski definition) is 3. The van der Waals surface area contributed by atoms with Crippen molar-refractivity contribution in [3.05, 3.63) is 59.9 Å². The molecule has 0 fully saturated rings. The Hall–Kier alpha value is -2.01. The van der Waals surface area contributed by atoms with E-state index in [9.17, 15) is 4.79 Å². The molecule has 0 bridgehead atoms. The second kappa shape index (κ2) is 8.58. The van der Waals surface area contributed by atoms with Gasteiger partial charge in [0.1, 0.15) is 0 Å². The summed E-state index contributed by atoms with van der Waals surface area (Å²) in [5, 5.41) is 3.39. The van der Waals surface area contributed by atoms with Gasteiger partial charge in [-0.05, 0) is 49.9 Å². The van der Waals surface area contributed by atoms with Gasteiger partial charge in [0.15, 0.2) is 0 Å². The summed E-state index contributed by atoms with van der Waals surface area (Å²) in [5.74, 6) is 0. The van der Waals surface area contributed by atoms with Crippen LogP contribution in [0.15, 0.2) is 48.7 Å². The number of benzene rings is 1. The second-order valence-electron chi connectivity index (χ2n) is 5.27. The van der Waals surface area contributed by atoms with Crippen LogP contribution in [0.3, 0.4) is 0 Å². The molecule has 0 spiro atoms. The van der Waals surface area contributed by atoms with Gasteiger partial charge in [0.2, 0.25) is 0 Å². The highest BCUT2D eigenvalue weighted by Gasteiger charge is 2.13. The first-order valence-corrected chi connectivity index (χ1v) is 9.01. The van der Waals surface area contributed by atoms with Crippen LogP contribution in [0, 0.1) is 0 Å². The first-order valence-electron chi connectivity index (χ1n) is 7.72. The summed E-state index contributed by atoms with van der Waals surface area (Å²) in [7, 11) is 0. The summed E-state index contributed by atoms with van der Waals surface area (Å²) >= 11 is 1.79. The van der Waals surface area contributed by atoms with Crippen molar-refractivity contribution in [2.45, 2.75) is 25.6 Å². The lowest BCUT2D eigenvalue weighted by Gasteiger charge is -2.21. The Labute approximate surface area is 142 Å². The maximum Gasteiger partial charge on any atom is 0.322 e.